The molecular formula is C63H51BN2O2. The molecule has 13 rings (SSSR count). The lowest BCUT2D eigenvalue weighted by Crippen LogP contribution is -2.61. The Hall–Kier alpha value is -7.76. The molecule has 2 aliphatic heterocycles. The van der Waals surface area contributed by atoms with Crippen LogP contribution in [0.1, 0.15) is 58.2 Å². The largest absolute Gasteiger partial charge is 0.456 e. The molecule has 11 aromatic rings. The van der Waals surface area contributed by atoms with Gasteiger partial charge in [-0.2, -0.15) is 0 Å². The normalized spacial score (nSPS) is 13.4. The van der Waals surface area contributed by atoms with Crippen molar-refractivity contribution < 1.29 is 8.83 Å². The van der Waals surface area contributed by atoms with Crippen LogP contribution in [0.5, 0.6) is 0 Å². The third-order valence-electron chi connectivity index (χ3n) is 14.6. The SMILES string of the molecule is Cc1cc2c3c(c1)N(c1ccc(-c4cccc5oc6ccccc6c45)cc1)c1cc(C(C)(C)C)ccc1B3c1ccc(C(C)(C)C)cc1N2c1ccc(-c2cccc3oc4ccccc4c23)cc1. The van der Waals surface area contributed by atoms with Gasteiger partial charge in [0.05, 0.1) is 0 Å². The smallest absolute Gasteiger partial charge is 0.252 e. The minimum Gasteiger partial charge on any atom is -0.456 e. The zero-order chi connectivity index (χ0) is 46.2. The number of aryl methyl sites for hydroxylation is 1. The van der Waals surface area contributed by atoms with Gasteiger partial charge in [-0.3, -0.25) is 0 Å². The molecule has 0 saturated carbocycles. The number of nitrogens with zero attached hydrogens (tertiary/aromatic N) is 2. The summed E-state index contributed by atoms with van der Waals surface area (Å²) in [6.45, 7) is 16.2. The first-order valence-electron chi connectivity index (χ1n) is 23.9. The lowest BCUT2D eigenvalue weighted by molar-refractivity contribution is 0.590. The Balaban J connectivity index is 1.01. The fourth-order valence-corrected chi connectivity index (χ4v) is 11.2. The number of hydrogen-bond acceptors (Lipinski definition) is 4. The Morgan fingerprint density at radius 2 is 0.809 bits per heavy atom. The van der Waals surface area contributed by atoms with Crippen LogP contribution in [-0.2, 0) is 10.8 Å². The van der Waals surface area contributed by atoms with E-state index >= 15 is 0 Å². The summed E-state index contributed by atoms with van der Waals surface area (Å²) in [6, 6.07) is 67.2. The van der Waals surface area contributed by atoms with Crippen molar-refractivity contribution in [2.24, 2.45) is 0 Å². The standard InChI is InChI=1S/C63H51BN2O2/c1-38-34-53-61-54(35-38)66(44-30-24-40(25-31-44)46-17-13-21-58-60(46)48-15-9-11-19-56(48)68-58)52-37-42(63(5,6)7)27-33-50(52)64(61)49-32-26-41(62(2,3)4)36-51(49)65(53)43-28-22-39(23-29-43)45-16-12-20-57-59(45)47-14-8-10-18-55(47)67-57/h8-37H,1-7H3. The fraction of sp³-hybridized carbons (Fsp3) is 0.143. The first-order valence-corrected chi connectivity index (χ1v) is 23.9. The molecule has 0 amide bonds. The molecule has 328 valence electrons. The highest BCUT2D eigenvalue weighted by Crippen LogP contribution is 2.47. The number of rotatable bonds is 4. The van der Waals surface area contributed by atoms with Crippen molar-refractivity contribution in [3.05, 3.63) is 199 Å². The minimum atomic E-state index is -0.0417. The van der Waals surface area contributed by atoms with Crippen molar-refractivity contribution in [1.29, 1.82) is 0 Å². The van der Waals surface area contributed by atoms with Crippen LogP contribution in [0.2, 0.25) is 0 Å². The predicted octanol–water partition coefficient (Wildman–Crippen LogP) is 15.8. The Morgan fingerprint density at radius 1 is 0.397 bits per heavy atom. The molecule has 0 radical (unpaired) electrons. The van der Waals surface area contributed by atoms with Crippen LogP contribution in [-0.4, -0.2) is 6.71 Å². The summed E-state index contributed by atoms with van der Waals surface area (Å²) in [6.07, 6.45) is 0. The molecule has 68 heavy (non-hydrogen) atoms. The second-order valence-electron chi connectivity index (χ2n) is 21.0. The lowest BCUT2D eigenvalue weighted by Gasteiger charge is -2.45. The van der Waals surface area contributed by atoms with Gasteiger partial charge in [0, 0.05) is 55.7 Å². The molecule has 0 N–H and O–H groups in total. The molecule has 0 spiro atoms. The van der Waals surface area contributed by atoms with Gasteiger partial charge in [-0.15, -0.1) is 0 Å². The van der Waals surface area contributed by atoms with Crippen LogP contribution >= 0.6 is 0 Å². The zero-order valence-corrected chi connectivity index (χ0v) is 39.6. The molecule has 0 atom stereocenters. The number of furan rings is 2. The maximum Gasteiger partial charge on any atom is 0.252 e. The van der Waals surface area contributed by atoms with Crippen molar-refractivity contribution in [1.82, 2.24) is 0 Å². The summed E-state index contributed by atoms with van der Waals surface area (Å²) in [5.74, 6) is 0. The fourth-order valence-electron chi connectivity index (χ4n) is 11.2. The van der Waals surface area contributed by atoms with Gasteiger partial charge >= 0.3 is 0 Å². The van der Waals surface area contributed by atoms with Crippen LogP contribution in [0, 0.1) is 6.92 Å². The Morgan fingerprint density at radius 3 is 1.24 bits per heavy atom. The molecule has 4 nitrogen and oxygen atoms in total. The summed E-state index contributed by atoms with van der Waals surface area (Å²) >= 11 is 0. The van der Waals surface area contributed by atoms with Gasteiger partial charge in [0.2, 0.25) is 0 Å². The van der Waals surface area contributed by atoms with E-state index in [4.69, 9.17) is 8.83 Å². The van der Waals surface area contributed by atoms with E-state index in [1.807, 2.05) is 12.1 Å². The second-order valence-corrected chi connectivity index (χ2v) is 21.0. The molecule has 0 fully saturated rings. The van der Waals surface area contributed by atoms with Crippen LogP contribution in [0.25, 0.3) is 66.1 Å². The first-order chi connectivity index (χ1) is 32.9. The average Bonchev–Trinajstić information content (AvgIpc) is 3.92. The second kappa shape index (κ2) is 14.6. The molecule has 2 aromatic heterocycles. The molecule has 4 heterocycles. The van der Waals surface area contributed by atoms with Gasteiger partial charge in [-0.05, 0) is 146 Å². The zero-order valence-electron chi connectivity index (χ0n) is 39.6. The van der Waals surface area contributed by atoms with Gasteiger partial charge < -0.3 is 18.6 Å². The Kier molecular flexibility index (Phi) is 8.71. The molecule has 0 aliphatic carbocycles. The molecule has 0 saturated heterocycles. The number of fused-ring (bicyclic) bond motifs is 10. The summed E-state index contributed by atoms with van der Waals surface area (Å²) in [7, 11) is 0. The van der Waals surface area contributed by atoms with E-state index in [9.17, 15) is 0 Å². The third kappa shape index (κ3) is 6.14. The number of hydrogen-bond donors (Lipinski definition) is 0. The predicted molar refractivity (Wildman–Crippen MR) is 288 cm³/mol. The van der Waals surface area contributed by atoms with E-state index in [2.05, 4.69) is 228 Å². The number of benzene rings is 9. The van der Waals surface area contributed by atoms with Crippen molar-refractivity contribution in [3.8, 4) is 22.3 Å². The van der Waals surface area contributed by atoms with Crippen LogP contribution in [0.15, 0.2) is 191 Å². The van der Waals surface area contributed by atoms with Crippen LogP contribution < -0.4 is 26.2 Å². The van der Waals surface area contributed by atoms with E-state index < -0.39 is 0 Å². The third-order valence-corrected chi connectivity index (χ3v) is 14.6. The molecule has 5 heteroatoms. The average molecular weight is 879 g/mol. The summed E-state index contributed by atoms with van der Waals surface area (Å²) in [4.78, 5) is 5.08. The monoisotopic (exact) mass is 878 g/mol. The molecule has 9 aromatic carbocycles. The highest BCUT2D eigenvalue weighted by Gasteiger charge is 2.44. The maximum absolute atomic E-state index is 6.32. The lowest BCUT2D eigenvalue weighted by atomic mass is 9.33. The van der Waals surface area contributed by atoms with E-state index in [1.165, 1.54) is 67.0 Å². The minimum absolute atomic E-state index is 0.0265. The summed E-state index contributed by atoms with van der Waals surface area (Å²) < 4.78 is 12.6. The van der Waals surface area contributed by atoms with Gasteiger partial charge in [0.25, 0.3) is 6.71 Å². The maximum atomic E-state index is 6.32. The van der Waals surface area contributed by atoms with Crippen molar-refractivity contribution in [3.63, 3.8) is 0 Å². The number of anilines is 6. The first kappa shape index (κ1) is 40.5. The van der Waals surface area contributed by atoms with Crippen molar-refractivity contribution >= 4 is 101 Å². The molecule has 0 bridgehead atoms. The van der Waals surface area contributed by atoms with Crippen molar-refractivity contribution in [2.45, 2.75) is 59.3 Å². The van der Waals surface area contributed by atoms with Gasteiger partial charge in [0.1, 0.15) is 22.3 Å². The van der Waals surface area contributed by atoms with Gasteiger partial charge in [0.15, 0.2) is 0 Å². The van der Waals surface area contributed by atoms with Crippen LogP contribution in [0.4, 0.5) is 34.1 Å². The molecule has 0 unspecified atom stereocenters. The van der Waals surface area contributed by atoms with E-state index in [-0.39, 0.29) is 17.5 Å². The topological polar surface area (TPSA) is 32.8 Å². The molecule has 2 aliphatic rings. The van der Waals surface area contributed by atoms with Gasteiger partial charge in [-0.1, -0.05) is 151 Å². The highest BCUT2D eigenvalue weighted by molar-refractivity contribution is 7.00. The highest BCUT2D eigenvalue weighted by atomic mass is 16.3. The summed E-state index contributed by atoms with van der Waals surface area (Å²) in [5.41, 5.74) is 23.1. The van der Waals surface area contributed by atoms with Crippen LogP contribution in [0.3, 0.4) is 0 Å². The molecular weight excluding hydrogens is 828 g/mol. The Bertz CT molecular complexity index is 3590. The quantitative estimate of drug-likeness (QED) is 0.165. The van der Waals surface area contributed by atoms with Gasteiger partial charge in [-0.25, -0.2) is 0 Å². The van der Waals surface area contributed by atoms with E-state index in [1.54, 1.807) is 0 Å². The number of para-hydroxylation sites is 2. The summed E-state index contributed by atoms with van der Waals surface area (Å²) in [5, 5.41) is 4.57. The Labute approximate surface area is 398 Å². The van der Waals surface area contributed by atoms with Crippen molar-refractivity contribution in [2.75, 3.05) is 9.80 Å². The van der Waals surface area contributed by atoms with E-state index in [0.717, 1.165) is 66.4 Å². The van der Waals surface area contributed by atoms with E-state index in [0.29, 0.717) is 0 Å².